The summed E-state index contributed by atoms with van der Waals surface area (Å²) in [5.74, 6) is -0.860. The lowest BCUT2D eigenvalue weighted by Gasteiger charge is -2.36. The van der Waals surface area contributed by atoms with Crippen LogP contribution in [-0.2, 0) is 4.74 Å². The summed E-state index contributed by atoms with van der Waals surface area (Å²) in [6, 6.07) is 1.28. The summed E-state index contributed by atoms with van der Waals surface area (Å²) in [7, 11) is 0. The number of amides is 1. The second kappa shape index (κ2) is 6.09. The maximum atomic E-state index is 12.4. The monoisotopic (exact) mass is 281 g/mol. The molecule has 1 N–H and O–H groups in total. The molecule has 1 aromatic heterocycles. The highest BCUT2D eigenvalue weighted by Crippen LogP contribution is 2.19. The molecule has 2 rings (SSSR count). The molecule has 0 aliphatic carbocycles. The smallest absolute Gasteiger partial charge is 0.338 e. The average Bonchev–Trinajstić information content (AvgIpc) is 2.87. The van der Waals surface area contributed by atoms with Gasteiger partial charge in [-0.1, -0.05) is 13.8 Å². The summed E-state index contributed by atoms with van der Waals surface area (Å²) in [4.78, 5) is 24.9. The second-order valence-electron chi connectivity index (χ2n) is 5.36. The standard InChI is InChI=1S/C14H19NO5/c1-9(2)5-11-8-19-4-3-15(11)13(16)12-6-10(7-20-12)14(17)18/h6-7,9,11H,3-5,8H2,1-2H3,(H,17,18). The Balaban J connectivity index is 2.14. The van der Waals surface area contributed by atoms with Gasteiger partial charge in [-0.05, 0) is 12.3 Å². The van der Waals surface area contributed by atoms with E-state index in [9.17, 15) is 9.59 Å². The SMILES string of the molecule is CC(C)CC1COCCN1C(=O)c1cc(C(=O)O)co1. The van der Waals surface area contributed by atoms with Gasteiger partial charge in [0.2, 0.25) is 0 Å². The number of nitrogens with zero attached hydrogens (tertiary/aromatic N) is 1. The summed E-state index contributed by atoms with van der Waals surface area (Å²) >= 11 is 0. The van der Waals surface area contributed by atoms with Crippen LogP contribution >= 0.6 is 0 Å². The molecule has 1 fully saturated rings. The van der Waals surface area contributed by atoms with Crippen LogP contribution in [0.15, 0.2) is 16.7 Å². The van der Waals surface area contributed by atoms with Gasteiger partial charge >= 0.3 is 5.97 Å². The fourth-order valence-corrected chi connectivity index (χ4v) is 2.36. The first kappa shape index (κ1) is 14.6. The van der Waals surface area contributed by atoms with E-state index in [0.717, 1.165) is 12.7 Å². The first-order valence-electron chi connectivity index (χ1n) is 6.69. The van der Waals surface area contributed by atoms with E-state index >= 15 is 0 Å². The largest absolute Gasteiger partial charge is 0.478 e. The fourth-order valence-electron chi connectivity index (χ4n) is 2.36. The molecule has 0 spiro atoms. The van der Waals surface area contributed by atoms with Gasteiger partial charge in [-0.25, -0.2) is 4.79 Å². The number of carboxylic acids is 1. The lowest BCUT2D eigenvalue weighted by Crippen LogP contribution is -2.49. The van der Waals surface area contributed by atoms with Crippen LogP contribution < -0.4 is 0 Å². The third kappa shape index (κ3) is 3.19. The third-order valence-electron chi connectivity index (χ3n) is 3.29. The second-order valence-corrected chi connectivity index (χ2v) is 5.36. The predicted octanol–water partition coefficient (Wildman–Crippen LogP) is 1.86. The maximum absolute atomic E-state index is 12.4. The Labute approximate surface area is 117 Å². The van der Waals surface area contributed by atoms with E-state index in [-0.39, 0.29) is 23.3 Å². The van der Waals surface area contributed by atoms with Gasteiger partial charge in [0.15, 0.2) is 5.76 Å². The summed E-state index contributed by atoms with van der Waals surface area (Å²) in [6.07, 6.45) is 1.94. The average molecular weight is 281 g/mol. The lowest BCUT2D eigenvalue weighted by molar-refractivity contribution is -0.00893. The van der Waals surface area contributed by atoms with Crippen LogP contribution in [-0.4, -0.2) is 47.7 Å². The molecule has 0 bridgehead atoms. The quantitative estimate of drug-likeness (QED) is 0.911. The van der Waals surface area contributed by atoms with Crippen molar-refractivity contribution >= 4 is 11.9 Å². The van der Waals surface area contributed by atoms with Gasteiger partial charge in [0.1, 0.15) is 6.26 Å². The molecule has 2 heterocycles. The van der Waals surface area contributed by atoms with Gasteiger partial charge in [-0.3, -0.25) is 4.79 Å². The number of morpholine rings is 1. The van der Waals surface area contributed by atoms with E-state index in [2.05, 4.69) is 13.8 Å². The molecule has 20 heavy (non-hydrogen) atoms. The highest BCUT2D eigenvalue weighted by atomic mass is 16.5. The first-order valence-corrected chi connectivity index (χ1v) is 6.69. The van der Waals surface area contributed by atoms with Gasteiger partial charge < -0.3 is 19.2 Å². The molecule has 1 atom stereocenters. The zero-order valence-electron chi connectivity index (χ0n) is 11.7. The normalized spacial score (nSPS) is 19.4. The van der Waals surface area contributed by atoms with E-state index in [1.54, 1.807) is 4.90 Å². The Morgan fingerprint density at radius 2 is 2.25 bits per heavy atom. The Hall–Kier alpha value is -1.82. The molecule has 1 aliphatic heterocycles. The summed E-state index contributed by atoms with van der Waals surface area (Å²) in [6.45, 7) is 5.68. The number of hydrogen-bond donors (Lipinski definition) is 1. The molecule has 6 nitrogen and oxygen atoms in total. The summed E-state index contributed by atoms with van der Waals surface area (Å²) < 4.78 is 10.5. The van der Waals surface area contributed by atoms with Gasteiger partial charge in [0, 0.05) is 12.6 Å². The van der Waals surface area contributed by atoms with Crippen LogP contribution in [0.4, 0.5) is 0 Å². The number of ether oxygens (including phenoxy) is 1. The summed E-state index contributed by atoms with van der Waals surface area (Å²) in [5, 5.41) is 8.86. The number of carboxylic acid groups (broad SMARTS) is 1. The molecule has 1 aromatic rings. The zero-order valence-corrected chi connectivity index (χ0v) is 11.7. The van der Waals surface area contributed by atoms with E-state index in [4.69, 9.17) is 14.3 Å². The van der Waals surface area contributed by atoms with Crippen molar-refractivity contribution in [2.45, 2.75) is 26.3 Å². The number of carbonyl (C=O) groups is 2. The van der Waals surface area contributed by atoms with Crippen molar-refractivity contribution in [3.8, 4) is 0 Å². The molecule has 1 unspecified atom stereocenters. The van der Waals surface area contributed by atoms with E-state index < -0.39 is 5.97 Å². The van der Waals surface area contributed by atoms with Crippen LogP contribution in [0.2, 0.25) is 0 Å². The van der Waals surface area contributed by atoms with Gasteiger partial charge in [0.25, 0.3) is 5.91 Å². The molecule has 0 saturated carbocycles. The molecular formula is C14H19NO5. The van der Waals surface area contributed by atoms with E-state index in [1.807, 2.05) is 0 Å². The van der Waals surface area contributed by atoms with Crippen molar-refractivity contribution in [3.05, 3.63) is 23.7 Å². The number of rotatable bonds is 4. The van der Waals surface area contributed by atoms with Crippen molar-refractivity contribution in [1.29, 1.82) is 0 Å². The Morgan fingerprint density at radius 1 is 1.50 bits per heavy atom. The predicted molar refractivity (Wildman–Crippen MR) is 70.8 cm³/mol. The number of carbonyl (C=O) groups excluding carboxylic acids is 1. The van der Waals surface area contributed by atoms with Gasteiger partial charge in [-0.2, -0.15) is 0 Å². The molecule has 0 radical (unpaired) electrons. The molecule has 110 valence electrons. The highest BCUT2D eigenvalue weighted by molar-refractivity contribution is 5.95. The Bertz CT molecular complexity index is 494. The van der Waals surface area contributed by atoms with Crippen molar-refractivity contribution in [2.75, 3.05) is 19.8 Å². The topological polar surface area (TPSA) is 80.0 Å². The van der Waals surface area contributed by atoms with Gasteiger partial charge in [0.05, 0.1) is 24.8 Å². The maximum Gasteiger partial charge on any atom is 0.338 e. The molecule has 1 aliphatic rings. The number of furan rings is 1. The van der Waals surface area contributed by atoms with Crippen LogP contribution in [0.5, 0.6) is 0 Å². The molecule has 0 aromatic carbocycles. The summed E-state index contributed by atoms with van der Waals surface area (Å²) in [5.41, 5.74) is -0.0120. The number of aromatic carboxylic acids is 1. The Morgan fingerprint density at radius 3 is 2.85 bits per heavy atom. The third-order valence-corrected chi connectivity index (χ3v) is 3.29. The number of hydrogen-bond acceptors (Lipinski definition) is 4. The minimum Gasteiger partial charge on any atom is -0.478 e. The molecular weight excluding hydrogens is 262 g/mol. The van der Waals surface area contributed by atoms with Crippen molar-refractivity contribution in [2.24, 2.45) is 5.92 Å². The Kier molecular flexibility index (Phi) is 4.44. The van der Waals surface area contributed by atoms with E-state index in [1.165, 1.54) is 6.07 Å². The van der Waals surface area contributed by atoms with Crippen LogP contribution in [0.25, 0.3) is 0 Å². The minimum atomic E-state index is -1.10. The molecule has 1 saturated heterocycles. The minimum absolute atomic E-state index is 0.00891. The molecule has 6 heteroatoms. The van der Waals surface area contributed by atoms with Crippen LogP contribution in [0.3, 0.4) is 0 Å². The molecule has 1 amide bonds. The zero-order chi connectivity index (χ0) is 14.7. The fraction of sp³-hybridized carbons (Fsp3) is 0.571. The van der Waals surface area contributed by atoms with Crippen LogP contribution in [0, 0.1) is 5.92 Å². The van der Waals surface area contributed by atoms with Crippen molar-refractivity contribution in [1.82, 2.24) is 4.90 Å². The van der Waals surface area contributed by atoms with Gasteiger partial charge in [-0.15, -0.1) is 0 Å². The van der Waals surface area contributed by atoms with E-state index in [0.29, 0.717) is 25.7 Å². The van der Waals surface area contributed by atoms with Crippen molar-refractivity contribution in [3.63, 3.8) is 0 Å². The lowest BCUT2D eigenvalue weighted by atomic mass is 10.0. The highest BCUT2D eigenvalue weighted by Gasteiger charge is 2.30. The first-order chi connectivity index (χ1) is 9.49. The van der Waals surface area contributed by atoms with Crippen molar-refractivity contribution < 1.29 is 23.8 Å². The van der Waals surface area contributed by atoms with Crippen LogP contribution in [0.1, 0.15) is 41.2 Å².